The van der Waals surface area contributed by atoms with Crippen molar-refractivity contribution in [3.63, 3.8) is 0 Å². The number of hydrogen-bond donors (Lipinski definition) is 0. The van der Waals surface area contributed by atoms with E-state index in [1.165, 1.54) is 4.31 Å². The Morgan fingerprint density at radius 1 is 1.16 bits per heavy atom. The van der Waals surface area contributed by atoms with Gasteiger partial charge in [-0.15, -0.1) is 0 Å². The number of fused-ring (bicyclic) bond motifs is 1. The first-order chi connectivity index (χ1) is 12.1. The van der Waals surface area contributed by atoms with Gasteiger partial charge in [0.25, 0.3) is 0 Å². The third-order valence-corrected chi connectivity index (χ3v) is 6.66. The summed E-state index contributed by atoms with van der Waals surface area (Å²) < 4.78 is 29.3. The van der Waals surface area contributed by atoms with Crippen LogP contribution in [0.3, 0.4) is 0 Å². The second-order valence-electron chi connectivity index (χ2n) is 6.47. The summed E-state index contributed by atoms with van der Waals surface area (Å²) in [5.41, 5.74) is 0.849. The molecule has 132 valence electrons. The van der Waals surface area contributed by atoms with Crippen molar-refractivity contribution >= 4 is 15.9 Å². The molecule has 0 unspecified atom stereocenters. The van der Waals surface area contributed by atoms with Crippen LogP contribution in [0, 0.1) is 0 Å². The molecule has 4 rings (SSSR count). The van der Waals surface area contributed by atoms with Gasteiger partial charge in [0.05, 0.1) is 23.2 Å². The summed E-state index contributed by atoms with van der Waals surface area (Å²) in [5, 5.41) is 4.35. The molecular weight excluding hydrogens is 340 g/mol. The highest BCUT2D eigenvalue weighted by Gasteiger charge is 2.35. The molecule has 1 aromatic carbocycles. The highest BCUT2D eigenvalue weighted by Crippen LogP contribution is 2.27. The van der Waals surface area contributed by atoms with Crippen molar-refractivity contribution in [2.45, 2.75) is 30.3 Å². The molecular formula is C17H20N4O3S. The van der Waals surface area contributed by atoms with E-state index in [0.29, 0.717) is 31.0 Å². The largest absolute Gasteiger partial charge is 0.340 e. The van der Waals surface area contributed by atoms with Crippen LogP contribution in [0.2, 0.25) is 0 Å². The van der Waals surface area contributed by atoms with Crippen LogP contribution >= 0.6 is 0 Å². The van der Waals surface area contributed by atoms with E-state index in [4.69, 9.17) is 0 Å². The van der Waals surface area contributed by atoms with Crippen LogP contribution in [0.4, 0.5) is 0 Å². The lowest BCUT2D eigenvalue weighted by atomic mass is 10.2. The quantitative estimate of drug-likeness (QED) is 0.822. The van der Waals surface area contributed by atoms with Gasteiger partial charge >= 0.3 is 0 Å². The van der Waals surface area contributed by atoms with Crippen molar-refractivity contribution in [1.29, 1.82) is 0 Å². The average Bonchev–Trinajstić information content (AvgIpc) is 3.25. The number of aromatic nitrogens is 2. The predicted molar refractivity (Wildman–Crippen MR) is 91.1 cm³/mol. The van der Waals surface area contributed by atoms with Crippen molar-refractivity contribution in [2.75, 3.05) is 19.6 Å². The lowest BCUT2D eigenvalue weighted by molar-refractivity contribution is -0.128. The monoisotopic (exact) mass is 360 g/mol. The SMILES string of the molecule is O=C1CCCN1C[C@H]1CN(S(=O)(=O)c2ccccc2)Cc2ccnn21. The number of carbonyl (C=O) groups excluding carboxylic acids is 1. The molecule has 7 nitrogen and oxygen atoms in total. The predicted octanol–water partition coefficient (Wildman–Crippen LogP) is 1.25. The molecule has 1 atom stereocenters. The normalized spacial score (nSPS) is 21.5. The van der Waals surface area contributed by atoms with E-state index in [-0.39, 0.29) is 11.9 Å². The second kappa shape index (κ2) is 6.27. The van der Waals surface area contributed by atoms with Crippen LogP contribution in [0.1, 0.15) is 24.6 Å². The Morgan fingerprint density at radius 3 is 2.68 bits per heavy atom. The van der Waals surface area contributed by atoms with Crippen LogP contribution in [0.5, 0.6) is 0 Å². The average molecular weight is 360 g/mol. The van der Waals surface area contributed by atoms with Crippen molar-refractivity contribution in [1.82, 2.24) is 19.0 Å². The molecule has 2 aliphatic rings. The molecule has 0 radical (unpaired) electrons. The van der Waals surface area contributed by atoms with Gasteiger partial charge in [0, 0.05) is 32.3 Å². The Morgan fingerprint density at radius 2 is 1.96 bits per heavy atom. The number of amides is 1. The Balaban J connectivity index is 1.63. The third kappa shape index (κ3) is 2.96. The van der Waals surface area contributed by atoms with Crippen molar-refractivity contribution in [2.24, 2.45) is 0 Å². The van der Waals surface area contributed by atoms with Crippen LogP contribution in [0.25, 0.3) is 0 Å². The van der Waals surface area contributed by atoms with E-state index < -0.39 is 10.0 Å². The Bertz CT molecular complexity index is 878. The maximum Gasteiger partial charge on any atom is 0.243 e. The topological polar surface area (TPSA) is 75.5 Å². The maximum absolute atomic E-state index is 13.0. The summed E-state index contributed by atoms with van der Waals surface area (Å²) in [4.78, 5) is 14.1. The van der Waals surface area contributed by atoms with Crippen molar-refractivity contribution in [3.8, 4) is 0 Å². The van der Waals surface area contributed by atoms with Crippen molar-refractivity contribution < 1.29 is 13.2 Å². The van der Waals surface area contributed by atoms with Gasteiger partial charge in [0.15, 0.2) is 0 Å². The Hall–Kier alpha value is -2.19. The molecule has 1 fully saturated rings. The number of likely N-dealkylation sites (tertiary alicyclic amines) is 1. The van der Waals surface area contributed by atoms with Gasteiger partial charge in [-0.3, -0.25) is 9.48 Å². The summed E-state index contributed by atoms with van der Waals surface area (Å²) in [7, 11) is -3.57. The van der Waals surface area contributed by atoms with E-state index in [2.05, 4.69) is 5.10 Å². The van der Waals surface area contributed by atoms with E-state index in [1.54, 1.807) is 36.5 Å². The van der Waals surface area contributed by atoms with Crippen LogP contribution in [-0.2, 0) is 21.4 Å². The zero-order chi connectivity index (χ0) is 17.4. The Kier molecular flexibility index (Phi) is 4.09. The summed E-state index contributed by atoms with van der Waals surface area (Å²) in [5.74, 6) is 0.136. The van der Waals surface area contributed by atoms with Gasteiger partial charge in [-0.2, -0.15) is 9.40 Å². The van der Waals surface area contributed by atoms with E-state index in [0.717, 1.165) is 18.7 Å². The molecule has 3 heterocycles. The second-order valence-corrected chi connectivity index (χ2v) is 8.41. The van der Waals surface area contributed by atoms with Gasteiger partial charge in [-0.25, -0.2) is 8.42 Å². The molecule has 0 aliphatic carbocycles. The molecule has 2 aromatic rings. The summed E-state index contributed by atoms with van der Waals surface area (Å²) >= 11 is 0. The first-order valence-electron chi connectivity index (χ1n) is 8.41. The zero-order valence-electron chi connectivity index (χ0n) is 13.8. The smallest absolute Gasteiger partial charge is 0.243 e. The summed E-state index contributed by atoms with van der Waals surface area (Å²) in [6.45, 7) is 1.84. The molecule has 0 bridgehead atoms. The molecule has 0 N–H and O–H groups in total. The number of sulfonamides is 1. The standard InChI is InChI=1S/C17H20N4O3S/c22-17-7-4-10-19(17)11-15-13-20(12-14-8-9-18-21(14)15)25(23,24)16-5-2-1-3-6-16/h1-3,5-6,8-9,15H,4,7,10-13H2/t15-/m0/s1. The minimum absolute atomic E-state index is 0.136. The molecule has 0 saturated carbocycles. The minimum atomic E-state index is -3.57. The minimum Gasteiger partial charge on any atom is -0.340 e. The molecule has 2 aliphatic heterocycles. The lowest BCUT2D eigenvalue weighted by Crippen LogP contribution is -2.45. The highest BCUT2D eigenvalue weighted by molar-refractivity contribution is 7.89. The maximum atomic E-state index is 13.0. The third-order valence-electron chi connectivity index (χ3n) is 4.83. The number of hydrogen-bond acceptors (Lipinski definition) is 4. The molecule has 8 heteroatoms. The molecule has 1 aromatic heterocycles. The molecule has 0 spiro atoms. The van der Waals surface area contributed by atoms with Gasteiger partial charge in [0.1, 0.15) is 0 Å². The molecule has 25 heavy (non-hydrogen) atoms. The van der Waals surface area contributed by atoms with Gasteiger partial charge in [0.2, 0.25) is 15.9 Å². The van der Waals surface area contributed by atoms with Gasteiger partial charge in [-0.05, 0) is 24.6 Å². The van der Waals surface area contributed by atoms with Crippen LogP contribution < -0.4 is 0 Å². The number of benzene rings is 1. The number of carbonyl (C=O) groups is 1. The molecule has 1 saturated heterocycles. The van der Waals surface area contributed by atoms with E-state index in [9.17, 15) is 13.2 Å². The molecule has 1 amide bonds. The Labute approximate surface area is 146 Å². The summed E-state index contributed by atoms with van der Waals surface area (Å²) in [6.07, 6.45) is 3.13. The fourth-order valence-corrected chi connectivity index (χ4v) is 5.03. The first-order valence-corrected chi connectivity index (χ1v) is 9.85. The van der Waals surface area contributed by atoms with Gasteiger partial charge < -0.3 is 4.90 Å². The fourth-order valence-electron chi connectivity index (χ4n) is 3.56. The lowest BCUT2D eigenvalue weighted by Gasteiger charge is -2.35. The van der Waals surface area contributed by atoms with Crippen LogP contribution in [-0.4, -0.2) is 52.9 Å². The van der Waals surface area contributed by atoms with E-state index in [1.807, 2.05) is 15.6 Å². The van der Waals surface area contributed by atoms with E-state index >= 15 is 0 Å². The first kappa shape index (κ1) is 16.3. The van der Waals surface area contributed by atoms with Crippen LogP contribution in [0.15, 0.2) is 47.5 Å². The summed E-state index contributed by atoms with van der Waals surface area (Å²) in [6, 6.07) is 10.1. The number of rotatable bonds is 4. The fraction of sp³-hybridized carbons (Fsp3) is 0.412. The number of nitrogens with zero attached hydrogens (tertiary/aromatic N) is 4. The highest BCUT2D eigenvalue weighted by atomic mass is 32.2. The zero-order valence-corrected chi connectivity index (χ0v) is 14.6. The van der Waals surface area contributed by atoms with Gasteiger partial charge in [-0.1, -0.05) is 18.2 Å². The van der Waals surface area contributed by atoms with Crippen molar-refractivity contribution in [3.05, 3.63) is 48.3 Å².